The average molecular weight is 216 g/mol. The lowest BCUT2D eigenvalue weighted by atomic mass is 10.0. The Morgan fingerprint density at radius 1 is 1.27 bits per heavy atom. The van der Waals surface area contributed by atoms with Gasteiger partial charge >= 0.3 is 0 Å². The lowest BCUT2D eigenvalue weighted by Crippen LogP contribution is -2.07. The highest BCUT2D eigenvalue weighted by Gasteiger charge is 2.28. The Morgan fingerprint density at radius 2 is 1.80 bits per heavy atom. The maximum Gasteiger partial charge on any atom is 0.274 e. The first-order chi connectivity index (χ1) is 6.96. The molecular weight excluding hydrogens is 198 g/mol. The zero-order valence-corrected chi connectivity index (χ0v) is 9.64. The van der Waals surface area contributed by atoms with Crippen LogP contribution in [0.2, 0.25) is 0 Å². The van der Waals surface area contributed by atoms with E-state index in [0.29, 0.717) is 12.0 Å². The Hall–Kier alpha value is -1.12. The zero-order valence-electron chi connectivity index (χ0n) is 9.64. The van der Waals surface area contributed by atoms with Crippen LogP contribution in [0.1, 0.15) is 38.8 Å². The largest absolute Gasteiger partial charge is 0.507 e. The van der Waals surface area contributed by atoms with Gasteiger partial charge in [0, 0.05) is 6.92 Å². The van der Waals surface area contributed by atoms with Gasteiger partial charge in [0.2, 0.25) is 0 Å². The molecule has 0 aromatic heterocycles. The van der Waals surface area contributed by atoms with E-state index in [1.54, 1.807) is 6.07 Å². The van der Waals surface area contributed by atoms with Crippen LogP contribution in [0.15, 0.2) is 18.2 Å². The monoisotopic (exact) mass is 216 g/mol. The number of aromatic hydroxyl groups is 1. The zero-order chi connectivity index (χ0) is 12.1. The number of benzene rings is 1. The second-order valence-corrected chi connectivity index (χ2v) is 3.06. The number of phenols is 1. The van der Waals surface area contributed by atoms with Crippen LogP contribution < -0.4 is 0 Å². The fourth-order valence-electron chi connectivity index (χ4n) is 1.23. The third-order valence-corrected chi connectivity index (χ3v) is 1.97. The van der Waals surface area contributed by atoms with Gasteiger partial charge < -0.3 is 5.11 Å². The molecule has 0 bridgehead atoms. The maximum absolute atomic E-state index is 12.9. The van der Waals surface area contributed by atoms with Gasteiger partial charge in [-0.05, 0) is 18.1 Å². The van der Waals surface area contributed by atoms with Crippen LogP contribution in [0, 0.1) is 0 Å². The van der Waals surface area contributed by atoms with Crippen molar-refractivity contribution in [2.24, 2.45) is 0 Å². The van der Waals surface area contributed by atoms with Gasteiger partial charge in [0.1, 0.15) is 5.75 Å². The topological polar surface area (TPSA) is 20.2 Å². The molecule has 0 saturated carbocycles. The van der Waals surface area contributed by atoms with Gasteiger partial charge in [0.25, 0.3) is 5.92 Å². The van der Waals surface area contributed by atoms with Crippen LogP contribution >= 0.6 is 0 Å². The fourth-order valence-corrected chi connectivity index (χ4v) is 1.23. The number of hydrogen-bond donors (Lipinski definition) is 1. The number of alkyl halides is 2. The van der Waals surface area contributed by atoms with Crippen LogP contribution in [0.3, 0.4) is 0 Å². The summed E-state index contributed by atoms with van der Waals surface area (Å²) in [4.78, 5) is 0. The summed E-state index contributed by atoms with van der Waals surface area (Å²) in [5.41, 5.74) is 0.255. The van der Waals surface area contributed by atoms with E-state index in [9.17, 15) is 13.9 Å². The predicted molar refractivity (Wildman–Crippen MR) is 58.4 cm³/mol. The highest BCUT2D eigenvalue weighted by molar-refractivity contribution is 5.42. The van der Waals surface area contributed by atoms with Gasteiger partial charge in [-0.15, -0.1) is 0 Å². The molecule has 86 valence electrons. The quantitative estimate of drug-likeness (QED) is 0.789. The van der Waals surface area contributed by atoms with Crippen molar-refractivity contribution in [3.8, 4) is 5.75 Å². The van der Waals surface area contributed by atoms with Crippen molar-refractivity contribution >= 4 is 0 Å². The number of halogens is 2. The molecule has 0 amide bonds. The van der Waals surface area contributed by atoms with E-state index in [0.717, 1.165) is 6.92 Å². The standard InChI is InChI=1S/C10H12F2O.C2H6/c1-3-7-5-4-6-8(9(7)13)10(2,11)12;1-2/h4-6,13H,3H2,1-2H3;1-2H3. The van der Waals surface area contributed by atoms with Gasteiger partial charge in [0.05, 0.1) is 5.56 Å². The molecule has 0 atom stereocenters. The number of aryl methyl sites for hydroxylation is 1. The predicted octanol–water partition coefficient (Wildman–Crippen LogP) is 4.09. The fraction of sp³-hybridized carbons (Fsp3) is 0.500. The minimum atomic E-state index is -2.98. The highest BCUT2D eigenvalue weighted by Crippen LogP contribution is 2.35. The number of hydrogen-bond acceptors (Lipinski definition) is 1. The van der Waals surface area contributed by atoms with Crippen LogP contribution in [0.5, 0.6) is 5.75 Å². The third kappa shape index (κ3) is 3.50. The van der Waals surface area contributed by atoms with Crippen molar-refractivity contribution in [1.82, 2.24) is 0 Å². The minimum Gasteiger partial charge on any atom is -0.507 e. The van der Waals surface area contributed by atoms with E-state index in [1.807, 2.05) is 20.8 Å². The molecule has 0 heterocycles. The van der Waals surface area contributed by atoms with Crippen molar-refractivity contribution in [2.45, 2.75) is 40.0 Å². The smallest absolute Gasteiger partial charge is 0.274 e. The SMILES string of the molecule is CC.CCc1cccc(C(C)(F)F)c1O. The van der Waals surface area contributed by atoms with E-state index >= 15 is 0 Å². The Kier molecular flexibility index (Phi) is 5.26. The van der Waals surface area contributed by atoms with Gasteiger partial charge in [-0.2, -0.15) is 0 Å². The van der Waals surface area contributed by atoms with E-state index in [1.165, 1.54) is 12.1 Å². The minimum absolute atomic E-state index is 0.280. The molecule has 1 aromatic carbocycles. The summed E-state index contributed by atoms with van der Waals surface area (Å²) in [6, 6.07) is 4.42. The first-order valence-electron chi connectivity index (χ1n) is 5.16. The molecule has 0 spiro atoms. The molecule has 0 unspecified atom stereocenters. The normalized spacial score (nSPS) is 10.5. The van der Waals surface area contributed by atoms with Crippen molar-refractivity contribution in [3.63, 3.8) is 0 Å². The van der Waals surface area contributed by atoms with Crippen LogP contribution in [0.4, 0.5) is 8.78 Å². The first kappa shape index (κ1) is 13.9. The molecule has 1 nitrogen and oxygen atoms in total. The Bertz CT molecular complexity index is 303. The van der Waals surface area contributed by atoms with Gasteiger partial charge in [-0.1, -0.05) is 32.9 Å². The summed E-state index contributed by atoms with van der Waals surface area (Å²) in [7, 11) is 0. The highest BCUT2D eigenvalue weighted by atomic mass is 19.3. The number of rotatable bonds is 2. The summed E-state index contributed by atoms with van der Waals surface area (Å²) in [5, 5.41) is 9.44. The van der Waals surface area contributed by atoms with E-state index in [-0.39, 0.29) is 11.3 Å². The molecule has 0 radical (unpaired) electrons. The summed E-state index contributed by atoms with van der Waals surface area (Å²) < 4.78 is 25.7. The van der Waals surface area contributed by atoms with Gasteiger partial charge in [0.15, 0.2) is 0 Å². The van der Waals surface area contributed by atoms with Gasteiger partial charge in [-0.25, -0.2) is 8.78 Å². The molecule has 0 fully saturated rings. The molecule has 1 aromatic rings. The molecule has 3 heteroatoms. The lowest BCUT2D eigenvalue weighted by Gasteiger charge is -2.14. The van der Waals surface area contributed by atoms with E-state index in [2.05, 4.69) is 0 Å². The number of para-hydroxylation sites is 1. The van der Waals surface area contributed by atoms with E-state index < -0.39 is 5.92 Å². The molecule has 1 N–H and O–H groups in total. The molecule has 0 aliphatic rings. The lowest BCUT2D eigenvalue weighted by molar-refractivity contribution is 0.0150. The Balaban J connectivity index is 0.000000921. The molecule has 15 heavy (non-hydrogen) atoms. The Morgan fingerprint density at radius 3 is 2.20 bits per heavy atom. The van der Waals surface area contributed by atoms with Crippen LogP contribution in [-0.4, -0.2) is 5.11 Å². The van der Waals surface area contributed by atoms with Gasteiger partial charge in [-0.3, -0.25) is 0 Å². The summed E-state index contributed by atoms with van der Waals surface area (Å²) in [6.45, 7) is 6.59. The third-order valence-electron chi connectivity index (χ3n) is 1.97. The summed E-state index contributed by atoms with van der Waals surface area (Å²) in [5.74, 6) is -3.26. The second kappa shape index (κ2) is 5.69. The molecule has 1 rings (SSSR count). The summed E-state index contributed by atoms with van der Waals surface area (Å²) in [6.07, 6.45) is 0.551. The van der Waals surface area contributed by atoms with Crippen molar-refractivity contribution < 1.29 is 13.9 Å². The van der Waals surface area contributed by atoms with Crippen LogP contribution in [0.25, 0.3) is 0 Å². The van der Waals surface area contributed by atoms with Crippen molar-refractivity contribution in [3.05, 3.63) is 29.3 Å². The average Bonchev–Trinajstić information content (AvgIpc) is 2.19. The molecule has 0 aliphatic heterocycles. The second-order valence-electron chi connectivity index (χ2n) is 3.06. The first-order valence-corrected chi connectivity index (χ1v) is 5.16. The van der Waals surface area contributed by atoms with Crippen LogP contribution in [-0.2, 0) is 12.3 Å². The van der Waals surface area contributed by atoms with E-state index in [4.69, 9.17) is 0 Å². The summed E-state index contributed by atoms with van der Waals surface area (Å²) >= 11 is 0. The Labute approximate surface area is 89.8 Å². The van der Waals surface area contributed by atoms with Crippen molar-refractivity contribution in [2.75, 3.05) is 0 Å². The maximum atomic E-state index is 12.9. The van der Waals surface area contributed by atoms with Crippen molar-refractivity contribution in [1.29, 1.82) is 0 Å². The number of phenolic OH excluding ortho intramolecular Hbond substituents is 1. The molecule has 0 aliphatic carbocycles. The molecule has 0 saturated heterocycles. The molecular formula is C12H18F2O.